The maximum absolute atomic E-state index is 13.0. The van der Waals surface area contributed by atoms with Crippen LogP contribution in [0.5, 0.6) is 0 Å². The third-order valence-corrected chi connectivity index (χ3v) is 4.64. The van der Waals surface area contributed by atoms with Gasteiger partial charge in [0.05, 0.1) is 18.2 Å². The molecular formula is C17H32N2O2. The highest BCUT2D eigenvalue weighted by Crippen LogP contribution is 2.21. The SMILES string of the molecule is CC1CN(C(C(=O)N2CCCCCC2)C(C)C)CC(C)O1. The first-order chi connectivity index (χ1) is 9.99. The van der Waals surface area contributed by atoms with Crippen LogP contribution < -0.4 is 0 Å². The molecule has 0 aromatic carbocycles. The number of likely N-dealkylation sites (tertiary alicyclic amines) is 1. The number of carbonyl (C=O) groups is 1. The van der Waals surface area contributed by atoms with E-state index in [0.717, 1.165) is 39.0 Å². The van der Waals surface area contributed by atoms with Crippen LogP contribution in [0.1, 0.15) is 53.4 Å². The first-order valence-electron chi connectivity index (χ1n) is 8.67. The smallest absolute Gasteiger partial charge is 0.240 e. The monoisotopic (exact) mass is 296 g/mol. The topological polar surface area (TPSA) is 32.8 Å². The molecule has 0 spiro atoms. The van der Waals surface area contributed by atoms with Crippen LogP contribution in [0.2, 0.25) is 0 Å². The number of morpholine rings is 1. The van der Waals surface area contributed by atoms with E-state index >= 15 is 0 Å². The van der Waals surface area contributed by atoms with Crippen LogP contribution in [-0.2, 0) is 9.53 Å². The van der Waals surface area contributed by atoms with Gasteiger partial charge in [-0.3, -0.25) is 9.69 Å². The van der Waals surface area contributed by atoms with E-state index in [0.29, 0.717) is 11.8 Å². The quantitative estimate of drug-likeness (QED) is 0.802. The zero-order chi connectivity index (χ0) is 15.4. The third-order valence-electron chi connectivity index (χ3n) is 4.64. The van der Waals surface area contributed by atoms with Crippen molar-refractivity contribution in [3.05, 3.63) is 0 Å². The maximum atomic E-state index is 13.0. The minimum atomic E-state index is 0.0110. The molecule has 4 nitrogen and oxygen atoms in total. The first kappa shape index (κ1) is 16.8. The zero-order valence-corrected chi connectivity index (χ0v) is 14.2. The molecule has 122 valence electrons. The summed E-state index contributed by atoms with van der Waals surface area (Å²) in [5, 5.41) is 0. The maximum Gasteiger partial charge on any atom is 0.240 e. The molecule has 0 radical (unpaired) electrons. The molecule has 0 aromatic rings. The highest BCUT2D eigenvalue weighted by atomic mass is 16.5. The van der Waals surface area contributed by atoms with Crippen molar-refractivity contribution in [3.8, 4) is 0 Å². The van der Waals surface area contributed by atoms with Crippen LogP contribution in [0.4, 0.5) is 0 Å². The Morgan fingerprint density at radius 3 is 2.00 bits per heavy atom. The Hall–Kier alpha value is -0.610. The van der Waals surface area contributed by atoms with Crippen molar-refractivity contribution in [1.29, 1.82) is 0 Å². The van der Waals surface area contributed by atoms with Gasteiger partial charge in [-0.05, 0) is 32.6 Å². The van der Waals surface area contributed by atoms with Crippen LogP contribution >= 0.6 is 0 Å². The van der Waals surface area contributed by atoms with E-state index in [2.05, 4.69) is 37.5 Å². The van der Waals surface area contributed by atoms with Crippen molar-refractivity contribution >= 4 is 5.91 Å². The zero-order valence-electron chi connectivity index (χ0n) is 14.2. The predicted molar refractivity (Wildman–Crippen MR) is 85.3 cm³/mol. The van der Waals surface area contributed by atoms with Crippen molar-refractivity contribution < 1.29 is 9.53 Å². The molecular weight excluding hydrogens is 264 g/mol. The van der Waals surface area contributed by atoms with Crippen LogP contribution in [0.3, 0.4) is 0 Å². The molecule has 0 bridgehead atoms. The summed E-state index contributed by atoms with van der Waals surface area (Å²) in [6.45, 7) is 12.2. The van der Waals surface area contributed by atoms with Gasteiger partial charge in [-0.25, -0.2) is 0 Å². The number of ether oxygens (including phenoxy) is 1. The average Bonchev–Trinajstić information content (AvgIpc) is 2.65. The van der Waals surface area contributed by atoms with E-state index < -0.39 is 0 Å². The van der Waals surface area contributed by atoms with Gasteiger partial charge in [0.25, 0.3) is 0 Å². The lowest BCUT2D eigenvalue weighted by Crippen LogP contribution is -2.57. The summed E-state index contributed by atoms with van der Waals surface area (Å²) >= 11 is 0. The number of nitrogens with zero attached hydrogens (tertiary/aromatic N) is 2. The second-order valence-electron chi connectivity index (χ2n) is 7.14. The summed E-state index contributed by atoms with van der Waals surface area (Å²) in [7, 11) is 0. The van der Waals surface area contributed by atoms with E-state index in [4.69, 9.17) is 4.74 Å². The molecule has 2 aliphatic heterocycles. The number of hydrogen-bond donors (Lipinski definition) is 0. The van der Waals surface area contributed by atoms with Crippen molar-refractivity contribution in [2.45, 2.75) is 71.6 Å². The van der Waals surface area contributed by atoms with Crippen molar-refractivity contribution in [2.75, 3.05) is 26.2 Å². The summed E-state index contributed by atoms with van der Waals surface area (Å²) in [4.78, 5) is 17.5. The fraction of sp³-hybridized carbons (Fsp3) is 0.941. The van der Waals surface area contributed by atoms with Gasteiger partial charge in [-0.2, -0.15) is 0 Å². The molecule has 0 saturated carbocycles. The molecule has 2 fully saturated rings. The molecule has 2 saturated heterocycles. The molecule has 2 aliphatic rings. The van der Waals surface area contributed by atoms with E-state index in [1.807, 2.05) is 0 Å². The third kappa shape index (κ3) is 4.43. The molecule has 2 heterocycles. The van der Waals surface area contributed by atoms with Crippen molar-refractivity contribution in [2.24, 2.45) is 5.92 Å². The normalized spacial score (nSPS) is 30.2. The highest BCUT2D eigenvalue weighted by Gasteiger charge is 2.36. The minimum absolute atomic E-state index is 0.0110. The molecule has 0 aromatic heterocycles. The Balaban J connectivity index is 2.08. The second-order valence-corrected chi connectivity index (χ2v) is 7.14. The summed E-state index contributed by atoms with van der Waals surface area (Å²) in [5.41, 5.74) is 0. The van der Waals surface area contributed by atoms with Crippen LogP contribution in [0.25, 0.3) is 0 Å². The van der Waals surface area contributed by atoms with E-state index in [-0.39, 0.29) is 18.2 Å². The second kappa shape index (κ2) is 7.59. The molecule has 3 atom stereocenters. The molecule has 21 heavy (non-hydrogen) atoms. The summed E-state index contributed by atoms with van der Waals surface area (Å²) < 4.78 is 5.82. The number of hydrogen-bond acceptors (Lipinski definition) is 3. The Bertz CT molecular complexity index is 328. The largest absolute Gasteiger partial charge is 0.373 e. The summed E-state index contributed by atoms with van der Waals surface area (Å²) in [5.74, 6) is 0.687. The first-order valence-corrected chi connectivity index (χ1v) is 8.67. The van der Waals surface area contributed by atoms with Gasteiger partial charge in [-0.1, -0.05) is 26.7 Å². The van der Waals surface area contributed by atoms with Crippen molar-refractivity contribution in [3.63, 3.8) is 0 Å². The Kier molecular flexibility index (Phi) is 6.06. The Morgan fingerprint density at radius 1 is 1.00 bits per heavy atom. The fourth-order valence-electron chi connectivity index (χ4n) is 3.79. The van der Waals surface area contributed by atoms with Gasteiger partial charge in [0.1, 0.15) is 0 Å². The van der Waals surface area contributed by atoms with Gasteiger partial charge in [0.2, 0.25) is 5.91 Å². The predicted octanol–water partition coefficient (Wildman–Crippen LogP) is 2.52. The van der Waals surface area contributed by atoms with Gasteiger partial charge >= 0.3 is 0 Å². The summed E-state index contributed by atoms with van der Waals surface area (Å²) in [6.07, 6.45) is 5.28. The van der Waals surface area contributed by atoms with E-state index in [9.17, 15) is 4.79 Å². The fourth-order valence-corrected chi connectivity index (χ4v) is 3.79. The average molecular weight is 296 g/mol. The number of rotatable bonds is 3. The van der Waals surface area contributed by atoms with Gasteiger partial charge < -0.3 is 9.64 Å². The van der Waals surface area contributed by atoms with E-state index in [1.165, 1.54) is 12.8 Å². The van der Waals surface area contributed by atoms with Gasteiger partial charge in [0.15, 0.2) is 0 Å². The lowest BCUT2D eigenvalue weighted by molar-refractivity contribution is -0.145. The van der Waals surface area contributed by atoms with Gasteiger partial charge in [-0.15, -0.1) is 0 Å². The molecule has 0 aliphatic carbocycles. The Morgan fingerprint density at radius 2 is 1.52 bits per heavy atom. The number of carbonyl (C=O) groups excluding carboxylic acids is 1. The standard InChI is InChI=1S/C17H32N2O2/c1-13(2)16(19-11-14(3)21-15(4)12-19)17(20)18-9-7-5-6-8-10-18/h13-16H,5-12H2,1-4H3. The highest BCUT2D eigenvalue weighted by molar-refractivity contribution is 5.82. The van der Waals surface area contributed by atoms with Crippen molar-refractivity contribution in [1.82, 2.24) is 9.80 Å². The van der Waals surface area contributed by atoms with Crippen LogP contribution in [0, 0.1) is 5.92 Å². The lowest BCUT2D eigenvalue weighted by Gasteiger charge is -2.42. The molecule has 4 heteroatoms. The minimum Gasteiger partial charge on any atom is -0.373 e. The Labute approximate surface area is 129 Å². The molecule has 1 amide bonds. The summed E-state index contributed by atoms with van der Waals surface area (Å²) in [6, 6.07) is 0.0110. The van der Waals surface area contributed by atoms with Crippen LogP contribution in [-0.4, -0.2) is 60.1 Å². The number of amides is 1. The lowest BCUT2D eigenvalue weighted by atomic mass is 9.99. The van der Waals surface area contributed by atoms with Crippen LogP contribution in [0.15, 0.2) is 0 Å². The van der Waals surface area contributed by atoms with Gasteiger partial charge in [0, 0.05) is 26.2 Å². The molecule has 0 N–H and O–H groups in total. The van der Waals surface area contributed by atoms with E-state index in [1.54, 1.807) is 0 Å². The molecule has 3 unspecified atom stereocenters. The molecule has 2 rings (SSSR count).